The van der Waals surface area contributed by atoms with Crippen LogP contribution in [-0.4, -0.2) is 66.7 Å². The smallest absolute Gasteiger partial charge is 0.154 e. The predicted octanol–water partition coefficient (Wildman–Crippen LogP) is 8.44. The summed E-state index contributed by atoms with van der Waals surface area (Å²) in [6.07, 6.45) is 6.75. The molecule has 0 fully saturated rings. The lowest BCUT2D eigenvalue weighted by Gasteiger charge is -2.43. The quantitative estimate of drug-likeness (QED) is 0.0947. The normalized spacial score (nSPS) is 11.8. The Balaban J connectivity index is 0.000000433. The molecule has 0 unspecified atom stereocenters. The standard InChI is InChI=1S/C18H20FN3O2.C16H28OS.C2H6/c1-20-22(2)18(21-10-11-23)16-12-15(8-9-17(16)19)24-13-14-6-4-3-5-7-14;1-14-9-7-10-15(13-14)11-8-12-17-18(5,6)16(2,3)4;1-2/h3-9,12,23H,1,10-11,13H2,2H3;7,9-10,13H,8,11-12H2,1-6H3;1-2H3. The summed E-state index contributed by atoms with van der Waals surface area (Å²) in [7, 11) is 0.651. The van der Waals surface area contributed by atoms with Gasteiger partial charge in [-0.3, -0.25) is 10.0 Å². The number of aliphatic hydroxyl groups excluding tert-OH is 1. The molecule has 0 radical (unpaired) electrons. The summed E-state index contributed by atoms with van der Waals surface area (Å²) in [6, 6.07) is 22.9. The number of amidine groups is 1. The molecule has 0 saturated carbocycles. The number of hydrazone groups is 1. The highest BCUT2D eigenvalue weighted by molar-refractivity contribution is 8.29. The van der Waals surface area contributed by atoms with Crippen molar-refractivity contribution in [3.05, 3.63) is 101 Å². The van der Waals surface area contributed by atoms with Crippen LogP contribution in [-0.2, 0) is 17.2 Å². The van der Waals surface area contributed by atoms with E-state index < -0.39 is 16.1 Å². The van der Waals surface area contributed by atoms with Crippen molar-refractivity contribution >= 4 is 22.9 Å². The van der Waals surface area contributed by atoms with E-state index in [9.17, 15) is 4.39 Å². The Morgan fingerprint density at radius 2 is 1.64 bits per heavy atom. The van der Waals surface area contributed by atoms with E-state index in [1.165, 1.54) is 22.2 Å². The van der Waals surface area contributed by atoms with Crippen LogP contribution in [0.2, 0.25) is 0 Å². The van der Waals surface area contributed by atoms with Gasteiger partial charge in [0.1, 0.15) is 18.2 Å². The highest BCUT2D eigenvalue weighted by Crippen LogP contribution is 2.53. The first-order valence-corrected chi connectivity index (χ1v) is 17.5. The van der Waals surface area contributed by atoms with E-state index >= 15 is 0 Å². The lowest BCUT2D eigenvalue weighted by molar-refractivity contribution is 0.305. The van der Waals surface area contributed by atoms with Gasteiger partial charge in [-0.1, -0.05) is 94.8 Å². The molecule has 0 aliphatic heterocycles. The Labute approximate surface area is 267 Å². The van der Waals surface area contributed by atoms with E-state index in [1.807, 2.05) is 44.2 Å². The molecule has 244 valence electrons. The maximum atomic E-state index is 14.2. The first-order chi connectivity index (χ1) is 20.9. The minimum absolute atomic E-state index is 0.139. The van der Waals surface area contributed by atoms with Crippen LogP contribution in [0.15, 0.2) is 82.9 Å². The fraction of sp³-hybridized carbons (Fsp3) is 0.444. The lowest BCUT2D eigenvalue weighted by atomic mass is 10.1. The minimum Gasteiger partial charge on any atom is -0.489 e. The average Bonchev–Trinajstić information content (AvgIpc) is 3.00. The second-order valence-corrected chi connectivity index (χ2v) is 15.2. The van der Waals surface area contributed by atoms with Crippen LogP contribution in [0, 0.1) is 12.7 Å². The van der Waals surface area contributed by atoms with Crippen molar-refractivity contribution < 1.29 is 18.4 Å². The van der Waals surface area contributed by atoms with Gasteiger partial charge in [0.05, 0.1) is 25.3 Å². The third-order valence-corrected chi connectivity index (χ3v) is 10.6. The van der Waals surface area contributed by atoms with Gasteiger partial charge in [0, 0.05) is 18.5 Å². The highest BCUT2D eigenvalue weighted by atomic mass is 32.3. The Kier molecular flexibility index (Phi) is 17.6. The molecule has 0 spiro atoms. The van der Waals surface area contributed by atoms with Gasteiger partial charge in [0.15, 0.2) is 5.84 Å². The Morgan fingerprint density at radius 3 is 2.23 bits per heavy atom. The third kappa shape index (κ3) is 13.6. The number of hydrogen-bond donors (Lipinski definition) is 1. The van der Waals surface area contributed by atoms with Crippen LogP contribution < -0.4 is 4.74 Å². The summed E-state index contributed by atoms with van der Waals surface area (Å²) < 4.78 is 26.3. The molecule has 44 heavy (non-hydrogen) atoms. The number of aryl methyl sites for hydroxylation is 2. The zero-order chi connectivity index (χ0) is 33.2. The first-order valence-electron chi connectivity index (χ1n) is 15.1. The summed E-state index contributed by atoms with van der Waals surface area (Å²) in [6.45, 7) is 17.6. The molecule has 6 nitrogen and oxygen atoms in total. The number of hydrogen-bond acceptors (Lipinski definition) is 5. The van der Waals surface area contributed by atoms with Crippen molar-refractivity contribution in [1.82, 2.24) is 5.01 Å². The first kappa shape index (κ1) is 38.8. The summed E-state index contributed by atoms with van der Waals surface area (Å²) in [4.78, 5) is 4.17. The van der Waals surface area contributed by atoms with E-state index in [2.05, 4.69) is 81.3 Å². The van der Waals surface area contributed by atoms with Crippen molar-refractivity contribution in [3.63, 3.8) is 0 Å². The van der Waals surface area contributed by atoms with Crippen LogP contribution in [0.1, 0.15) is 63.3 Å². The van der Waals surface area contributed by atoms with Gasteiger partial charge in [-0.25, -0.2) is 4.39 Å². The van der Waals surface area contributed by atoms with Gasteiger partial charge in [-0.15, -0.1) is 10.3 Å². The second-order valence-electron chi connectivity index (χ2n) is 11.3. The fourth-order valence-electron chi connectivity index (χ4n) is 3.68. The number of aliphatic imine (C=N–C) groups is 1. The highest BCUT2D eigenvalue weighted by Gasteiger charge is 2.28. The van der Waals surface area contributed by atoms with Gasteiger partial charge in [-0.05, 0) is 61.6 Å². The summed E-state index contributed by atoms with van der Waals surface area (Å²) >= 11 is 0. The molecule has 0 aliphatic carbocycles. The Hall–Kier alpha value is -3.20. The number of aliphatic hydroxyl groups is 1. The number of benzene rings is 3. The van der Waals surface area contributed by atoms with Gasteiger partial charge in [-0.2, -0.15) is 5.10 Å². The van der Waals surface area contributed by atoms with Crippen LogP contribution in [0.3, 0.4) is 0 Å². The zero-order valence-corrected chi connectivity index (χ0v) is 29.1. The zero-order valence-electron chi connectivity index (χ0n) is 28.3. The Bertz CT molecular complexity index is 1280. The summed E-state index contributed by atoms with van der Waals surface area (Å²) in [5.41, 5.74) is 4.02. The van der Waals surface area contributed by atoms with Crippen molar-refractivity contribution in [2.24, 2.45) is 10.1 Å². The van der Waals surface area contributed by atoms with Gasteiger partial charge in [0.25, 0.3) is 0 Å². The lowest BCUT2D eigenvalue weighted by Crippen LogP contribution is -2.25. The van der Waals surface area contributed by atoms with E-state index in [0.29, 0.717) is 12.4 Å². The second kappa shape index (κ2) is 20.0. The SMILES string of the molecule is C=NN(C)C(=NCCO)c1cc(OCc2ccccc2)ccc1F.CC.Cc1cccc(CCCOS(C)(C)C(C)(C)C)c1. The topological polar surface area (TPSA) is 66.7 Å². The molecular formula is C36H54FN3O3S. The van der Waals surface area contributed by atoms with Crippen molar-refractivity contribution in [2.75, 3.05) is 39.3 Å². The monoisotopic (exact) mass is 627 g/mol. The van der Waals surface area contributed by atoms with E-state index in [-0.39, 0.29) is 29.3 Å². The molecule has 1 N–H and O–H groups in total. The maximum absolute atomic E-state index is 14.2. The van der Waals surface area contributed by atoms with Crippen LogP contribution >= 0.6 is 10.3 Å². The number of ether oxygens (including phenoxy) is 1. The molecule has 0 bridgehead atoms. The molecule has 3 aromatic carbocycles. The molecule has 0 amide bonds. The van der Waals surface area contributed by atoms with Crippen molar-refractivity contribution in [3.8, 4) is 5.75 Å². The minimum atomic E-state index is -0.960. The largest absolute Gasteiger partial charge is 0.489 e. The molecule has 3 aromatic rings. The van der Waals surface area contributed by atoms with Crippen LogP contribution in [0.4, 0.5) is 4.39 Å². The maximum Gasteiger partial charge on any atom is 0.154 e. The molecular weight excluding hydrogens is 573 g/mol. The molecule has 0 saturated heterocycles. The number of halogens is 1. The average molecular weight is 628 g/mol. The molecule has 0 aromatic heterocycles. The van der Waals surface area contributed by atoms with E-state index in [1.54, 1.807) is 19.2 Å². The molecule has 3 rings (SSSR count). The molecule has 0 atom stereocenters. The van der Waals surface area contributed by atoms with Crippen molar-refractivity contribution in [1.29, 1.82) is 0 Å². The number of rotatable bonds is 12. The molecule has 0 aliphatic rings. The molecule has 0 heterocycles. The summed E-state index contributed by atoms with van der Waals surface area (Å²) in [5.74, 6) is 0.348. The van der Waals surface area contributed by atoms with Gasteiger partial charge < -0.3 is 14.0 Å². The number of nitrogens with zero attached hydrogens (tertiary/aromatic N) is 3. The van der Waals surface area contributed by atoms with Gasteiger partial charge >= 0.3 is 0 Å². The van der Waals surface area contributed by atoms with Crippen LogP contribution in [0.25, 0.3) is 0 Å². The van der Waals surface area contributed by atoms with E-state index in [4.69, 9.17) is 14.0 Å². The Morgan fingerprint density at radius 1 is 0.977 bits per heavy atom. The fourth-order valence-corrected chi connectivity index (χ4v) is 4.57. The van der Waals surface area contributed by atoms with Gasteiger partial charge in [0.2, 0.25) is 0 Å². The van der Waals surface area contributed by atoms with Crippen molar-refractivity contribution in [2.45, 2.75) is 65.7 Å². The summed E-state index contributed by atoms with van der Waals surface area (Å²) in [5, 5.41) is 14.1. The van der Waals surface area contributed by atoms with Crippen LogP contribution in [0.5, 0.6) is 5.75 Å². The predicted molar refractivity (Wildman–Crippen MR) is 189 cm³/mol. The molecule has 8 heteroatoms. The van der Waals surface area contributed by atoms with E-state index in [0.717, 1.165) is 25.0 Å². The third-order valence-electron chi connectivity index (χ3n) is 6.85.